The Bertz CT molecular complexity index is 256. The fraction of sp³-hybridized carbons (Fsp3) is 0.955. The Kier molecular flexibility index (Phi) is 27.1. The molecule has 146 valence electrons. The van der Waals surface area contributed by atoms with Gasteiger partial charge in [-0.2, -0.15) is 0 Å². The molecule has 0 aromatic heterocycles. The third-order valence-corrected chi connectivity index (χ3v) is 4.75. The van der Waals surface area contributed by atoms with Gasteiger partial charge in [0.25, 0.3) is 0 Å². The fourth-order valence-electron chi connectivity index (χ4n) is 3.07. The molecule has 0 aliphatic heterocycles. The molecule has 0 radical (unpaired) electrons. The molecule has 0 spiro atoms. The zero-order chi connectivity index (χ0) is 17.7. The number of ether oxygens (including phenoxy) is 1. The minimum atomic E-state index is 0. The van der Waals surface area contributed by atoms with Gasteiger partial charge >= 0.3 is 35.5 Å². The number of carbonyl (C=O) groups excluding carboxylic acids is 1. The normalized spacial score (nSPS) is 10.5. The zero-order valence-electron chi connectivity index (χ0n) is 16.8. The number of esters is 1. The molecule has 0 bridgehead atoms. The van der Waals surface area contributed by atoms with E-state index in [1.54, 1.807) is 0 Å². The van der Waals surface area contributed by atoms with E-state index in [0.717, 1.165) is 12.8 Å². The van der Waals surface area contributed by atoms with E-state index in [1.807, 2.05) is 0 Å². The Labute approximate surface area is 180 Å². The van der Waals surface area contributed by atoms with Gasteiger partial charge in [-0.3, -0.25) is 4.79 Å². The number of unbranched alkanes of at least 4 members (excludes halogenated alkanes) is 15. The Morgan fingerprint density at radius 3 is 1.36 bits per heavy atom. The Morgan fingerprint density at radius 1 is 0.560 bits per heavy atom. The summed E-state index contributed by atoms with van der Waals surface area (Å²) >= 11 is 0. The first-order chi connectivity index (χ1) is 11.8. The van der Waals surface area contributed by atoms with Crippen LogP contribution in [0.3, 0.4) is 0 Å². The van der Waals surface area contributed by atoms with Crippen molar-refractivity contribution in [1.82, 2.24) is 0 Å². The quantitative estimate of drug-likeness (QED) is 0.141. The molecule has 0 rings (SSSR count). The van der Waals surface area contributed by atoms with Crippen LogP contribution in [0.2, 0.25) is 0 Å². The van der Waals surface area contributed by atoms with Gasteiger partial charge in [-0.25, -0.2) is 0 Å². The van der Waals surface area contributed by atoms with Crippen molar-refractivity contribution in [2.24, 2.45) is 0 Å². The number of hydrogen-bond donors (Lipinski definition) is 0. The van der Waals surface area contributed by atoms with E-state index in [4.69, 9.17) is 4.74 Å². The predicted octanol–water partition coefficient (Wildman–Crippen LogP) is 6.94. The Morgan fingerprint density at radius 2 is 0.920 bits per heavy atom. The summed E-state index contributed by atoms with van der Waals surface area (Å²) in [5.74, 6) is 0.00886. The molecule has 0 aromatic rings. The molecule has 0 fully saturated rings. The van der Waals surface area contributed by atoms with Crippen molar-refractivity contribution in [2.45, 2.75) is 129 Å². The predicted molar refractivity (Wildman–Crippen MR) is 113 cm³/mol. The van der Waals surface area contributed by atoms with E-state index >= 15 is 0 Å². The van der Waals surface area contributed by atoms with Gasteiger partial charge in [0, 0.05) is 6.42 Å². The molecule has 0 saturated carbocycles. The van der Waals surface area contributed by atoms with Crippen LogP contribution in [-0.4, -0.2) is 42.1 Å². The second-order valence-electron chi connectivity index (χ2n) is 7.27. The second kappa shape index (κ2) is 24.5. The van der Waals surface area contributed by atoms with Crippen LogP contribution < -0.4 is 0 Å². The summed E-state index contributed by atoms with van der Waals surface area (Å²) in [7, 11) is 0. The maximum absolute atomic E-state index is 11.6. The van der Waals surface area contributed by atoms with E-state index < -0.39 is 0 Å². The van der Waals surface area contributed by atoms with Crippen LogP contribution in [0, 0.1) is 0 Å². The van der Waals surface area contributed by atoms with Crippen LogP contribution in [0.5, 0.6) is 0 Å². The summed E-state index contributed by atoms with van der Waals surface area (Å²) in [5.41, 5.74) is 0. The van der Waals surface area contributed by atoms with Crippen LogP contribution in [0.25, 0.3) is 0 Å². The molecule has 0 aliphatic rings. The topological polar surface area (TPSA) is 26.3 Å². The standard InChI is InChI=1S/C22H44O2.Na.H/c1-3-5-7-9-10-11-12-13-14-15-17-19-21-24-22(23)20-18-16-8-6-4-2;;/h3-21H2,1-2H3;;. The third-order valence-electron chi connectivity index (χ3n) is 4.75. The van der Waals surface area contributed by atoms with E-state index in [9.17, 15) is 4.79 Å². The average Bonchev–Trinajstić information content (AvgIpc) is 2.59. The molecular formula is C22H45NaO2. The van der Waals surface area contributed by atoms with Crippen LogP contribution in [0.15, 0.2) is 0 Å². The molecular weight excluding hydrogens is 319 g/mol. The van der Waals surface area contributed by atoms with Gasteiger partial charge in [0.05, 0.1) is 6.61 Å². The molecule has 0 saturated heterocycles. The third kappa shape index (κ3) is 24.5. The summed E-state index contributed by atoms with van der Waals surface area (Å²) < 4.78 is 5.30. The first-order valence-electron chi connectivity index (χ1n) is 11.0. The first kappa shape index (κ1) is 27.7. The van der Waals surface area contributed by atoms with Crippen molar-refractivity contribution < 1.29 is 9.53 Å². The van der Waals surface area contributed by atoms with Gasteiger partial charge in [-0.05, 0) is 12.8 Å². The average molecular weight is 365 g/mol. The molecule has 0 heterocycles. The van der Waals surface area contributed by atoms with Crippen molar-refractivity contribution in [3.8, 4) is 0 Å². The number of carbonyl (C=O) groups is 1. The van der Waals surface area contributed by atoms with Gasteiger partial charge in [0.15, 0.2) is 0 Å². The molecule has 3 heteroatoms. The van der Waals surface area contributed by atoms with Gasteiger partial charge < -0.3 is 4.74 Å². The Balaban J connectivity index is 0. The molecule has 0 N–H and O–H groups in total. The number of hydrogen-bond acceptors (Lipinski definition) is 2. The molecule has 0 unspecified atom stereocenters. The molecule has 0 aliphatic carbocycles. The fourth-order valence-corrected chi connectivity index (χ4v) is 3.07. The van der Waals surface area contributed by atoms with Crippen molar-refractivity contribution in [2.75, 3.05) is 6.61 Å². The molecule has 0 atom stereocenters. The Hall–Kier alpha value is 0.470. The van der Waals surface area contributed by atoms with Gasteiger partial charge in [-0.15, -0.1) is 0 Å². The first-order valence-corrected chi connectivity index (χ1v) is 11.0. The second-order valence-corrected chi connectivity index (χ2v) is 7.27. The number of rotatable bonds is 19. The van der Waals surface area contributed by atoms with E-state index in [1.165, 1.54) is 96.3 Å². The summed E-state index contributed by atoms with van der Waals surface area (Å²) in [6.45, 7) is 5.11. The van der Waals surface area contributed by atoms with E-state index in [-0.39, 0.29) is 35.5 Å². The summed E-state index contributed by atoms with van der Waals surface area (Å²) in [4.78, 5) is 11.6. The van der Waals surface area contributed by atoms with E-state index in [0.29, 0.717) is 13.0 Å². The van der Waals surface area contributed by atoms with Crippen LogP contribution in [0.1, 0.15) is 129 Å². The molecule has 0 amide bonds. The monoisotopic (exact) mass is 364 g/mol. The van der Waals surface area contributed by atoms with Gasteiger partial charge in [0.1, 0.15) is 0 Å². The summed E-state index contributed by atoms with van der Waals surface area (Å²) in [5, 5.41) is 0. The summed E-state index contributed by atoms with van der Waals surface area (Å²) in [6.07, 6.45) is 22.7. The molecule has 25 heavy (non-hydrogen) atoms. The van der Waals surface area contributed by atoms with Crippen molar-refractivity contribution in [1.29, 1.82) is 0 Å². The van der Waals surface area contributed by atoms with Gasteiger partial charge in [-0.1, -0.05) is 110 Å². The maximum atomic E-state index is 11.6. The molecule has 0 aromatic carbocycles. The molecule has 2 nitrogen and oxygen atoms in total. The van der Waals surface area contributed by atoms with Crippen molar-refractivity contribution in [3.63, 3.8) is 0 Å². The van der Waals surface area contributed by atoms with Gasteiger partial charge in [0.2, 0.25) is 0 Å². The summed E-state index contributed by atoms with van der Waals surface area (Å²) in [6, 6.07) is 0. The minimum absolute atomic E-state index is 0. The van der Waals surface area contributed by atoms with Crippen LogP contribution in [-0.2, 0) is 9.53 Å². The SMILES string of the molecule is CCCCCCCCCCCCCCOC(=O)CCCCCCC.[NaH]. The van der Waals surface area contributed by atoms with Crippen LogP contribution >= 0.6 is 0 Å². The zero-order valence-corrected chi connectivity index (χ0v) is 16.8. The van der Waals surface area contributed by atoms with Crippen LogP contribution in [0.4, 0.5) is 0 Å². The van der Waals surface area contributed by atoms with Crippen molar-refractivity contribution >= 4 is 35.5 Å². The van der Waals surface area contributed by atoms with E-state index in [2.05, 4.69) is 13.8 Å². The van der Waals surface area contributed by atoms with Crippen molar-refractivity contribution in [3.05, 3.63) is 0 Å².